The second kappa shape index (κ2) is 13.0. The number of phenolic OH excluding ortho intramolecular Hbond substituents is 1. The third-order valence-electron chi connectivity index (χ3n) is 6.11. The molecule has 0 aliphatic heterocycles. The minimum Gasteiger partial charge on any atom is -0.507 e. The number of ether oxygens (including phenoxy) is 3. The molecule has 1 aliphatic carbocycles. The number of carbonyl (C=O) groups is 2. The van der Waals surface area contributed by atoms with Crippen LogP contribution in [0.5, 0.6) is 17.2 Å². The molecule has 0 radical (unpaired) electrons. The van der Waals surface area contributed by atoms with Crippen LogP contribution >= 0.6 is 0 Å². The number of hydrogen-bond acceptors (Lipinski definition) is 8. The number of benzene rings is 1. The SMILES string of the molecule is CC[C@@H](C)/N=C/c1c(O)cc(OC)cc1OCC(=O)Nc1cc([C@H]2CC[C@@H](OC(=O)NC(C)C)C2)[nH]n1. The van der Waals surface area contributed by atoms with Crippen molar-refractivity contribution < 1.29 is 28.9 Å². The molecule has 0 spiro atoms. The normalized spacial score (nSPS) is 18.1. The smallest absolute Gasteiger partial charge is 0.407 e. The maximum absolute atomic E-state index is 12.6. The van der Waals surface area contributed by atoms with Crippen LogP contribution in [0.1, 0.15) is 70.6 Å². The van der Waals surface area contributed by atoms with Crippen molar-refractivity contribution >= 4 is 24.0 Å². The van der Waals surface area contributed by atoms with Gasteiger partial charge in [0, 0.05) is 48.1 Å². The van der Waals surface area contributed by atoms with Gasteiger partial charge in [0.25, 0.3) is 5.91 Å². The van der Waals surface area contributed by atoms with Crippen LogP contribution in [0, 0.1) is 0 Å². The van der Waals surface area contributed by atoms with Crippen LogP contribution < -0.4 is 20.1 Å². The first-order valence-corrected chi connectivity index (χ1v) is 12.6. The molecule has 1 fully saturated rings. The molecule has 0 saturated heterocycles. The van der Waals surface area contributed by atoms with E-state index in [1.807, 2.05) is 27.7 Å². The average molecular weight is 516 g/mol. The first kappa shape index (κ1) is 27.8. The van der Waals surface area contributed by atoms with E-state index in [0.29, 0.717) is 23.6 Å². The first-order valence-electron chi connectivity index (χ1n) is 12.6. The van der Waals surface area contributed by atoms with Gasteiger partial charge in [-0.05, 0) is 46.5 Å². The molecule has 1 aromatic carbocycles. The molecule has 1 aliphatic rings. The van der Waals surface area contributed by atoms with Gasteiger partial charge in [-0.25, -0.2) is 4.79 Å². The molecule has 2 amide bonds. The number of carbonyl (C=O) groups excluding carboxylic acids is 2. The Kier molecular flexibility index (Phi) is 9.76. The number of amides is 2. The standard InChI is InChI=1S/C26H37N5O6/c1-6-16(4)27-13-20-22(32)10-19(35-5)11-23(20)36-14-25(33)29-24-12-21(30-31-24)17-7-8-18(9-17)37-26(34)28-15(2)3/h10-13,15-18,32H,6-9,14H2,1-5H3,(H,28,34)(H2,29,30,31,33)/b27-13+/t16-,17+,18-/m1/s1. The van der Waals surface area contributed by atoms with Gasteiger partial charge in [0.15, 0.2) is 12.4 Å². The van der Waals surface area contributed by atoms with E-state index < -0.39 is 12.0 Å². The van der Waals surface area contributed by atoms with Crippen LogP contribution in [0.15, 0.2) is 23.2 Å². The molecule has 2 aromatic rings. The van der Waals surface area contributed by atoms with E-state index in [-0.39, 0.29) is 42.2 Å². The zero-order chi connectivity index (χ0) is 26.9. The quantitative estimate of drug-likeness (QED) is 0.329. The number of methoxy groups -OCH3 is 1. The highest BCUT2D eigenvalue weighted by Crippen LogP contribution is 2.36. The molecule has 37 heavy (non-hydrogen) atoms. The van der Waals surface area contributed by atoms with Gasteiger partial charge in [-0.15, -0.1) is 0 Å². The maximum atomic E-state index is 12.6. The van der Waals surface area contributed by atoms with E-state index in [2.05, 4.69) is 25.8 Å². The molecule has 0 unspecified atom stereocenters. The Morgan fingerprint density at radius 3 is 2.76 bits per heavy atom. The fraction of sp³-hybridized carbons (Fsp3) is 0.538. The van der Waals surface area contributed by atoms with Crippen LogP contribution in [-0.2, 0) is 9.53 Å². The van der Waals surface area contributed by atoms with Gasteiger partial charge >= 0.3 is 6.09 Å². The molecule has 1 heterocycles. The van der Waals surface area contributed by atoms with Crippen molar-refractivity contribution in [2.45, 2.75) is 77.5 Å². The number of phenols is 1. The number of aromatic nitrogens is 2. The molecule has 0 bridgehead atoms. The molecule has 3 rings (SSSR count). The van der Waals surface area contributed by atoms with E-state index in [1.54, 1.807) is 18.3 Å². The minimum absolute atomic E-state index is 0.0199. The van der Waals surface area contributed by atoms with Gasteiger partial charge < -0.3 is 30.0 Å². The fourth-order valence-electron chi connectivity index (χ4n) is 3.94. The number of H-pyrrole nitrogens is 1. The summed E-state index contributed by atoms with van der Waals surface area (Å²) in [5, 5.41) is 23.0. The average Bonchev–Trinajstić information content (AvgIpc) is 3.50. The summed E-state index contributed by atoms with van der Waals surface area (Å²) >= 11 is 0. The van der Waals surface area contributed by atoms with Gasteiger partial charge in [0.1, 0.15) is 23.4 Å². The van der Waals surface area contributed by atoms with Gasteiger partial charge in [-0.1, -0.05) is 6.92 Å². The van der Waals surface area contributed by atoms with Gasteiger partial charge in [0.2, 0.25) is 0 Å². The van der Waals surface area contributed by atoms with Crippen molar-refractivity contribution in [3.63, 3.8) is 0 Å². The number of nitrogens with zero attached hydrogens (tertiary/aromatic N) is 2. The second-order valence-electron chi connectivity index (χ2n) is 9.48. The van der Waals surface area contributed by atoms with E-state index in [9.17, 15) is 14.7 Å². The minimum atomic E-state index is -0.414. The van der Waals surface area contributed by atoms with Crippen LogP contribution in [0.3, 0.4) is 0 Å². The highest BCUT2D eigenvalue weighted by molar-refractivity contribution is 5.92. The summed E-state index contributed by atoms with van der Waals surface area (Å²) in [5.41, 5.74) is 1.24. The Balaban J connectivity index is 1.56. The maximum Gasteiger partial charge on any atom is 0.407 e. The number of anilines is 1. The van der Waals surface area contributed by atoms with Crippen molar-refractivity contribution in [2.24, 2.45) is 4.99 Å². The predicted molar refractivity (Wildman–Crippen MR) is 140 cm³/mol. The number of aliphatic imine (C=N–C) groups is 1. The first-order chi connectivity index (χ1) is 17.7. The third-order valence-corrected chi connectivity index (χ3v) is 6.11. The van der Waals surface area contributed by atoms with Crippen molar-refractivity contribution in [3.05, 3.63) is 29.5 Å². The molecule has 1 aromatic heterocycles. The van der Waals surface area contributed by atoms with Crippen molar-refractivity contribution in [3.8, 4) is 17.2 Å². The summed E-state index contributed by atoms with van der Waals surface area (Å²) < 4.78 is 16.4. The van der Waals surface area contributed by atoms with Crippen LogP contribution in [0.2, 0.25) is 0 Å². The Bertz CT molecular complexity index is 1100. The Hall–Kier alpha value is -3.76. The molecule has 11 heteroatoms. The second-order valence-corrected chi connectivity index (χ2v) is 9.48. The summed E-state index contributed by atoms with van der Waals surface area (Å²) in [4.78, 5) is 28.8. The molecule has 1 saturated carbocycles. The van der Waals surface area contributed by atoms with E-state index in [4.69, 9.17) is 14.2 Å². The Labute approximate surface area is 217 Å². The number of nitrogens with one attached hydrogen (secondary N) is 3. The zero-order valence-electron chi connectivity index (χ0n) is 22.0. The summed E-state index contributed by atoms with van der Waals surface area (Å²) in [6.07, 6.45) is 4.12. The summed E-state index contributed by atoms with van der Waals surface area (Å²) in [7, 11) is 1.48. The van der Waals surface area contributed by atoms with Crippen molar-refractivity contribution in [1.29, 1.82) is 0 Å². The van der Waals surface area contributed by atoms with Crippen LogP contribution in [-0.4, -0.2) is 65.4 Å². The highest BCUT2D eigenvalue weighted by atomic mass is 16.6. The largest absolute Gasteiger partial charge is 0.507 e. The Morgan fingerprint density at radius 1 is 1.27 bits per heavy atom. The van der Waals surface area contributed by atoms with Gasteiger partial charge in [-0.2, -0.15) is 5.10 Å². The van der Waals surface area contributed by atoms with E-state index in [0.717, 1.165) is 25.0 Å². The van der Waals surface area contributed by atoms with Gasteiger partial charge in [-0.3, -0.25) is 14.9 Å². The fourth-order valence-corrected chi connectivity index (χ4v) is 3.94. The number of rotatable bonds is 11. The summed E-state index contributed by atoms with van der Waals surface area (Å²) in [6, 6.07) is 4.93. The topological polar surface area (TPSA) is 147 Å². The molecule has 202 valence electrons. The lowest BCUT2D eigenvalue weighted by Gasteiger charge is -2.14. The summed E-state index contributed by atoms with van der Waals surface area (Å²) in [5.74, 6) is 0.727. The van der Waals surface area contributed by atoms with Crippen LogP contribution in [0.25, 0.3) is 0 Å². The molecule has 3 atom stereocenters. The summed E-state index contributed by atoms with van der Waals surface area (Å²) in [6.45, 7) is 7.44. The number of alkyl carbamates (subject to hydrolysis) is 1. The number of aromatic hydroxyl groups is 1. The molecule has 11 nitrogen and oxygen atoms in total. The Morgan fingerprint density at radius 2 is 2.05 bits per heavy atom. The van der Waals surface area contributed by atoms with Crippen molar-refractivity contribution in [2.75, 3.05) is 19.0 Å². The molecular weight excluding hydrogens is 478 g/mol. The van der Waals surface area contributed by atoms with Crippen molar-refractivity contribution in [1.82, 2.24) is 15.5 Å². The monoisotopic (exact) mass is 515 g/mol. The lowest BCUT2D eigenvalue weighted by atomic mass is 10.0. The highest BCUT2D eigenvalue weighted by Gasteiger charge is 2.30. The van der Waals surface area contributed by atoms with E-state index >= 15 is 0 Å². The number of hydrogen-bond donors (Lipinski definition) is 4. The van der Waals surface area contributed by atoms with Gasteiger partial charge in [0.05, 0.1) is 12.7 Å². The number of aromatic amines is 1. The lowest BCUT2D eigenvalue weighted by molar-refractivity contribution is -0.118. The lowest BCUT2D eigenvalue weighted by Crippen LogP contribution is -2.33. The van der Waals surface area contributed by atoms with E-state index in [1.165, 1.54) is 13.2 Å². The third kappa shape index (κ3) is 8.12. The molecular formula is C26H37N5O6. The van der Waals surface area contributed by atoms with Crippen LogP contribution in [0.4, 0.5) is 10.6 Å². The zero-order valence-corrected chi connectivity index (χ0v) is 22.0. The molecule has 4 N–H and O–H groups in total. The predicted octanol–water partition coefficient (Wildman–Crippen LogP) is 4.13.